The van der Waals surface area contributed by atoms with E-state index < -0.39 is 12.0 Å². The second-order valence-corrected chi connectivity index (χ2v) is 6.50. The van der Waals surface area contributed by atoms with E-state index in [1.54, 1.807) is 13.4 Å². The molecule has 0 radical (unpaired) electrons. The van der Waals surface area contributed by atoms with Crippen molar-refractivity contribution in [2.24, 2.45) is 0 Å². The van der Waals surface area contributed by atoms with E-state index in [4.69, 9.17) is 9.47 Å². The van der Waals surface area contributed by atoms with Crippen molar-refractivity contribution in [3.63, 3.8) is 0 Å². The third-order valence-corrected chi connectivity index (χ3v) is 4.53. The average Bonchev–Trinajstić information content (AvgIpc) is 2.94. The van der Waals surface area contributed by atoms with Gasteiger partial charge in [-0.1, -0.05) is 44.2 Å². The molecule has 0 spiro atoms. The van der Waals surface area contributed by atoms with Crippen LogP contribution in [0.4, 0.5) is 5.82 Å². The van der Waals surface area contributed by atoms with Gasteiger partial charge < -0.3 is 19.8 Å². The molecule has 168 valence electrons. The molecule has 1 atom stereocenters. The molecule has 0 amide bonds. The highest BCUT2D eigenvalue weighted by atomic mass is 16.5. The van der Waals surface area contributed by atoms with Crippen LogP contribution in [0.2, 0.25) is 0 Å². The summed E-state index contributed by atoms with van der Waals surface area (Å²) < 4.78 is 10.2. The SMILES string of the molecule is CC.COC(=O)C(Nc1ncnc[nH]c(-c2ccc(OC)cc2)cc1C)c1ccccc1. The Morgan fingerprint density at radius 2 is 1.72 bits per heavy atom. The molecule has 0 aliphatic carbocycles. The molecule has 1 aromatic heterocycles. The van der Waals surface area contributed by atoms with Crippen LogP contribution >= 0.6 is 0 Å². The number of hydrogen-bond acceptors (Lipinski definition) is 6. The minimum Gasteiger partial charge on any atom is -0.497 e. The number of carbonyl (C=O) groups is 1. The number of aryl methyl sites for hydroxylation is 1. The maximum Gasteiger partial charge on any atom is 0.333 e. The van der Waals surface area contributed by atoms with Crippen LogP contribution in [0.3, 0.4) is 0 Å². The molecule has 1 heterocycles. The van der Waals surface area contributed by atoms with Gasteiger partial charge in [0.25, 0.3) is 0 Å². The Morgan fingerprint density at radius 3 is 2.34 bits per heavy atom. The number of nitrogens with one attached hydrogen (secondary N) is 2. The van der Waals surface area contributed by atoms with Gasteiger partial charge in [0.05, 0.1) is 20.5 Å². The molecule has 0 saturated heterocycles. The molecule has 0 saturated carbocycles. The first kappa shape index (κ1) is 24.4. The van der Waals surface area contributed by atoms with Gasteiger partial charge in [-0.3, -0.25) is 0 Å². The predicted octanol–water partition coefficient (Wildman–Crippen LogP) is 5.27. The van der Waals surface area contributed by atoms with E-state index in [-0.39, 0.29) is 0 Å². The van der Waals surface area contributed by atoms with Gasteiger partial charge in [0.1, 0.15) is 17.9 Å². The van der Waals surface area contributed by atoms with Crippen LogP contribution in [-0.2, 0) is 9.53 Å². The minimum atomic E-state index is -0.700. The molecule has 7 nitrogen and oxygen atoms in total. The predicted molar refractivity (Wildman–Crippen MR) is 127 cm³/mol. The van der Waals surface area contributed by atoms with Crippen LogP contribution in [0, 0.1) is 6.92 Å². The van der Waals surface area contributed by atoms with E-state index in [0.29, 0.717) is 5.82 Å². The Balaban J connectivity index is 0.00000176. The molecule has 3 aromatic rings. The number of ether oxygens (including phenoxy) is 2. The van der Waals surface area contributed by atoms with Crippen molar-refractivity contribution in [1.82, 2.24) is 15.0 Å². The zero-order valence-corrected chi connectivity index (χ0v) is 19.1. The van der Waals surface area contributed by atoms with E-state index in [1.807, 2.05) is 81.4 Å². The van der Waals surface area contributed by atoms with Gasteiger partial charge in [0.15, 0.2) is 6.04 Å². The summed E-state index contributed by atoms with van der Waals surface area (Å²) in [6.07, 6.45) is 2.98. The zero-order valence-electron chi connectivity index (χ0n) is 19.1. The lowest BCUT2D eigenvalue weighted by atomic mass is 10.1. The van der Waals surface area contributed by atoms with Gasteiger partial charge in [-0.25, -0.2) is 14.8 Å². The number of carbonyl (C=O) groups excluding carboxylic acids is 1. The van der Waals surface area contributed by atoms with Crippen LogP contribution < -0.4 is 10.1 Å². The summed E-state index contributed by atoms with van der Waals surface area (Å²) in [5.74, 6) is 0.886. The number of anilines is 1. The quantitative estimate of drug-likeness (QED) is 0.514. The molecule has 0 aliphatic heterocycles. The topological polar surface area (TPSA) is 89.1 Å². The number of aromatic nitrogens is 3. The lowest BCUT2D eigenvalue weighted by molar-refractivity contribution is -0.141. The van der Waals surface area contributed by atoms with Gasteiger partial charge in [-0.15, -0.1) is 0 Å². The van der Waals surface area contributed by atoms with Crippen molar-refractivity contribution < 1.29 is 14.3 Å². The molecule has 32 heavy (non-hydrogen) atoms. The van der Waals surface area contributed by atoms with Crippen LogP contribution in [0.25, 0.3) is 11.3 Å². The number of methoxy groups -OCH3 is 2. The lowest BCUT2D eigenvalue weighted by Crippen LogP contribution is -2.23. The molecule has 7 heteroatoms. The van der Waals surface area contributed by atoms with Crippen molar-refractivity contribution in [1.29, 1.82) is 0 Å². The van der Waals surface area contributed by atoms with E-state index in [2.05, 4.69) is 20.3 Å². The molecular formula is C25H30N4O3. The highest BCUT2D eigenvalue weighted by Crippen LogP contribution is 2.24. The maximum absolute atomic E-state index is 12.4. The summed E-state index contributed by atoms with van der Waals surface area (Å²) in [6.45, 7) is 5.91. The van der Waals surface area contributed by atoms with Crippen molar-refractivity contribution in [3.8, 4) is 17.0 Å². The summed E-state index contributed by atoms with van der Waals surface area (Å²) in [6, 6.07) is 18.3. The molecular weight excluding hydrogens is 404 g/mol. The van der Waals surface area contributed by atoms with Crippen LogP contribution in [0.5, 0.6) is 5.75 Å². The second-order valence-electron chi connectivity index (χ2n) is 6.50. The summed E-state index contributed by atoms with van der Waals surface area (Å²) >= 11 is 0. The molecule has 2 N–H and O–H groups in total. The average molecular weight is 435 g/mol. The number of nitrogens with zero attached hydrogens (tertiary/aromatic N) is 2. The molecule has 0 bridgehead atoms. The van der Waals surface area contributed by atoms with Crippen LogP contribution in [-0.4, -0.2) is 35.1 Å². The first-order valence-corrected chi connectivity index (χ1v) is 10.4. The number of H-pyrrole nitrogens is 1. The van der Waals surface area contributed by atoms with Gasteiger partial charge in [0.2, 0.25) is 0 Å². The molecule has 2 aromatic carbocycles. The van der Waals surface area contributed by atoms with Crippen LogP contribution in [0.1, 0.15) is 31.0 Å². The first-order chi connectivity index (χ1) is 15.6. The largest absolute Gasteiger partial charge is 0.497 e. The number of hydrogen-bond donors (Lipinski definition) is 2. The number of benzene rings is 2. The highest BCUT2D eigenvalue weighted by molar-refractivity contribution is 5.81. The number of esters is 1. The lowest BCUT2D eigenvalue weighted by Gasteiger charge is -2.18. The fourth-order valence-corrected chi connectivity index (χ4v) is 2.93. The van der Waals surface area contributed by atoms with Crippen molar-refractivity contribution in [3.05, 3.63) is 84.4 Å². The maximum atomic E-state index is 12.4. The first-order valence-electron chi connectivity index (χ1n) is 10.4. The smallest absolute Gasteiger partial charge is 0.333 e. The molecule has 0 aliphatic rings. The fourth-order valence-electron chi connectivity index (χ4n) is 2.93. The standard InChI is InChI=1S/C23H24N4O3.C2H6/c1-16-13-20(17-9-11-19(29-2)12-10-17)25-14-24-15-26-22(16)27-21(23(28)30-3)18-7-5-4-6-8-18;1-2/h4-15,21,27H,1-3H3,(H,24,25,26);1-2H3. The molecule has 3 rings (SSSR count). The van der Waals surface area contributed by atoms with Crippen LogP contribution in [0.15, 0.2) is 73.3 Å². The van der Waals surface area contributed by atoms with Crippen molar-refractivity contribution >= 4 is 11.8 Å². The third-order valence-electron chi connectivity index (χ3n) is 4.53. The van der Waals surface area contributed by atoms with E-state index >= 15 is 0 Å². The van der Waals surface area contributed by atoms with Gasteiger partial charge in [-0.05, 0) is 53.9 Å². The Labute approximate surface area is 189 Å². The molecule has 1 unspecified atom stereocenters. The highest BCUT2D eigenvalue weighted by Gasteiger charge is 2.22. The second kappa shape index (κ2) is 12.7. The summed E-state index contributed by atoms with van der Waals surface area (Å²) in [5.41, 5.74) is 3.38. The Bertz CT molecular complexity index is 1030. The summed E-state index contributed by atoms with van der Waals surface area (Å²) in [7, 11) is 3.00. The number of aromatic amines is 1. The monoisotopic (exact) mass is 434 g/mol. The van der Waals surface area contributed by atoms with Crippen molar-refractivity contribution in [2.75, 3.05) is 19.5 Å². The Hall–Kier alpha value is -3.87. The van der Waals surface area contributed by atoms with E-state index in [0.717, 1.165) is 28.1 Å². The molecule has 0 fully saturated rings. The van der Waals surface area contributed by atoms with Gasteiger partial charge in [-0.2, -0.15) is 0 Å². The summed E-state index contributed by atoms with van der Waals surface area (Å²) in [5, 5.41) is 3.20. The Kier molecular flexibility index (Phi) is 9.71. The normalized spacial score (nSPS) is 10.7. The van der Waals surface area contributed by atoms with Gasteiger partial charge in [0, 0.05) is 5.69 Å². The van der Waals surface area contributed by atoms with Crippen molar-refractivity contribution in [2.45, 2.75) is 26.8 Å². The van der Waals surface area contributed by atoms with E-state index in [1.165, 1.54) is 13.4 Å². The zero-order chi connectivity index (χ0) is 23.3. The fraction of sp³-hybridized carbons (Fsp3) is 0.240. The third kappa shape index (κ3) is 6.57. The summed E-state index contributed by atoms with van der Waals surface area (Å²) in [4.78, 5) is 24.1. The van der Waals surface area contributed by atoms with E-state index in [9.17, 15) is 4.79 Å². The minimum absolute atomic E-state index is 0.405. The number of rotatable bonds is 6. The Morgan fingerprint density at radius 1 is 1.03 bits per heavy atom. The van der Waals surface area contributed by atoms with Gasteiger partial charge >= 0.3 is 5.97 Å².